The third-order valence-corrected chi connectivity index (χ3v) is 4.57. The second-order valence-corrected chi connectivity index (χ2v) is 6.83. The largest absolute Gasteiger partial charge is 0.392 e. The van der Waals surface area contributed by atoms with E-state index >= 15 is 0 Å². The molecule has 1 unspecified atom stereocenters. The van der Waals surface area contributed by atoms with Crippen molar-refractivity contribution in [2.75, 3.05) is 11.9 Å². The number of thiophene rings is 1. The number of aromatic nitrogens is 2. The fourth-order valence-electron chi connectivity index (χ4n) is 2.42. The summed E-state index contributed by atoms with van der Waals surface area (Å²) >= 11 is 7.51. The molecule has 3 aromatic rings. The first-order valence-electron chi connectivity index (χ1n) is 7.10. The molecule has 7 heteroatoms. The third kappa shape index (κ3) is 3.29. The molecule has 0 aliphatic rings. The molecule has 4 nitrogen and oxygen atoms in total. The quantitative estimate of drug-likeness (QED) is 0.690. The number of anilines is 1. The number of hydrogen-bond acceptors (Lipinski definition) is 5. The SMILES string of the molecule is Cc1sc2nc(Cl)nc(NCC(C)O)c2c1-c1ccc(F)cc1. The van der Waals surface area contributed by atoms with E-state index in [2.05, 4.69) is 15.3 Å². The summed E-state index contributed by atoms with van der Waals surface area (Å²) in [6.07, 6.45) is -0.521. The van der Waals surface area contributed by atoms with Gasteiger partial charge in [0.1, 0.15) is 16.5 Å². The zero-order valence-electron chi connectivity index (χ0n) is 12.6. The lowest BCUT2D eigenvalue weighted by atomic mass is 10.0. The van der Waals surface area contributed by atoms with E-state index in [1.54, 1.807) is 19.1 Å². The summed E-state index contributed by atoms with van der Waals surface area (Å²) in [5, 5.41) is 13.6. The van der Waals surface area contributed by atoms with Gasteiger partial charge in [0, 0.05) is 17.0 Å². The lowest BCUT2D eigenvalue weighted by molar-refractivity contribution is 0.208. The van der Waals surface area contributed by atoms with Gasteiger partial charge in [-0.15, -0.1) is 11.3 Å². The highest BCUT2D eigenvalue weighted by Gasteiger charge is 2.18. The minimum atomic E-state index is -0.521. The molecule has 2 heterocycles. The fourth-order valence-corrected chi connectivity index (χ4v) is 3.69. The number of aliphatic hydroxyl groups is 1. The number of nitrogens with zero attached hydrogens (tertiary/aromatic N) is 2. The minimum absolute atomic E-state index is 0.150. The van der Waals surface area contributed by atoms with Crippen LogP contribution in [0.3, 0.4) is 0 Å². The van der Waals surface area contributed by atoms with Crippen LogP contribution in [0.2, 0.25) is 5.28 Å². The Balaban J connectivity index is 2.20. The van der Waals surface area contributed by atoms with Gasteiger partial charge in [0.05, 0.1) is 11.5 Å². The number of nitrogens with one attached hydrogen (secondary N) is 1. The van der Waals surface area contributed by atoms with E-state index in [1.165, 1.54) is 23.5 Å². The van der Waals surface area contributed by atoms with E-state index in [1.807, 2.05) is 6.92 Å². The highest BCUT2D eigenvalue weighted by atomic mass is 35.5. The Morgan fingerprint density at radius 1 is 1.30 bits per heavy atom. The normalized spacial score (nSPS) is 12.6. The number of fused-ring (bicyclic) bond motifs is 1. The average molecular weight is 352 g/mol. The van der Waals surface area contributed by atoms with Crippen LogP contribution < -0.4 is 5.32 Å². The van der Waals surface area contributed by atoms with Crippen LogP contribution in [0.4, 0.5) is 10.2 Å². The van der Waals surface area contributed by atoms with Gasteiger partial charge in [0.25, 0.3) is 0 Å². The first-order valence-corrected chi connectivity index (χ1v) is 8.29. The number of aliphatic hydroxyl groups excluding tert-OH is 1. The summed E-state index contributed by atoms with van der Waals surface area (Å²) in [6, 6.07) is 6.32. The average Bonchev–Trinajstić information content (AvgIpc) is 2.81. The van der Waals surface area contributed by atoms with Crippen LogP contribution in [0, 0.1) is 12.7 Å². The zero-order chi connectivity index (χ0) is 16.6. The summed E-state index contributed by atoms with van der Waals surface area (Å²) < 4.78 is 13.2. The molecule has 2 N–H and O–H groups in total. The maximum Gasteiger partial charge on any atom is 0.225 e. The molecule has 1 atom stereocenters. The van der Waals surface area contributed by atoms with E-state index in [9.17, 15) is 9.50 Å². The number of aryl methyl sites for hydroxylation is 1. The minimum Gasteiger partial charge on any atom is -0.392 e. The molecule has 0 saturated heterocycles. The predicted molar refractivity (Wildman–Crippen MR) is 92.7 cm³/mol. The van der Waals surface area contributed by atoms with Gasteiger partial charge in [-0.25, -0.2) is 14.4 Å². The van der Waals surface area contributed by atoms with Crippen LogP contribution in [0.5, 0.6) is 0 Å². The topological polar surface area (TPSA) is 58.0 Å². The van der Waals surface area contributed by atoms with E-state index in [4.69, 9.17) is 11.6 Å². The van der Waals surface area contributed by atoms with Gasteiger partial charge < -0.3 is 10.4 Å². The smallest absolute Gasteiger partial charge is 0.225 e. The molecule has 0 aliphatic carbocycles. The Hall–Kier alpha value is -1.76. The summed E-state index contributed by atoms with van der Waals surface area (Å²) in [5.74, 6) is 0.294. The third-order valence-electron chi connectivity index (χ3n) is 3.40. The lowest BCUT2D eigenvalue weighted by Gasteiger charge is -2.11. The second-order valence-electron chi connectivity index (χ2n) is 5.29. The summed E-state index contributed by atoms with van der Waals surface area (Å²) in [6.45, 7) is 4.02. The van der Waals surface area contributed by atoms with Crippen LogP contribution >= 0.6 is 22.9 Å². The van der Waals surface area contributed by atoms with Crippen LogP contribution in [0.25, 0.3) is 21.3 Å². The first-order chi connectivity index (χ1) is 11.0. The second kappa shape index (κ2) is 6.39. The molecule has 3 rings (SSSR count). The molecule has 0 fully saturated rings. The van der Waals surface area contributed by atoms with Gasteiger partial charge in [0.15, 0.2) is 0 Å². The molecular weight excluding hydrogens is 337 g/mol. The van der Waals surface area contributed by atoms with Crippen LogP contribution in [-0.2, 0) is 0 Å². The highest BCUT2D eigenvalue weighted by Crippen LogP contribution is 2.41. The van der Waals surface area contributed by atoms with Crippen LogP contribution in [0.1, 0.15) is 11.8 Å². The van der Waals surface area contributed by atoms with Crippen molar-refractivity contribution in [2.45, 2.75) is 20.0 Å². The molecule has 23 heavy (non-hydrogen) atoms. The Bertz CT molecular complexity index is 849. The molecule has 0 spiro atoms. The van der Waals surface area contributed by atoms with Gasteiger partial charge in [0.2, 0.25) is 5.28 Å². The van der Waals surface area contributed by atoms with Crippen molar-refractivity contribution < 1.29 is 9.50 Å². The number of hydrogen-bond donors (Lipinski definition) is 2. The van der Waals surface area contributed by atoms with Crippen molar-refractivity contribution in [2.24, 2.45) is 0 Å². The monoisotopic (exact) mass is 351 g/mol. The Morgan fingerprint density at radius 2 is 2.00 bits per heavy atom. The molecule has 0 radical (unpaired) electrons. The molecule has 0 aliphatic heterocycles. The van der Waals surface area contributed by atoms with E-state index in [0.717, 1.165) is 26.2 Å². The molecular formula is C16H15ClFN3OS. The van der Waals surface area contributed by atoms with Crippen molar-refractivity contribution in [3.05, 3.63) is 40.2 Å². The molecule has 120 valence electrons. The maximum atomic E-state index is 13.2. The van der Waals surface area contributed by atoms with Gasteiger partial charge in [-0.05, 0) is 43.1 Å². The summed E-state index contributed by atoms with van der Waals surface area (Å²) in [5.41, 5.74) is 1.84. The zero-order valence-corrected chi connectivity index (χ0v) is 14.2. The van der Waals surface area contributed by atoms with E-state index in [0.29, 0.717) is 12.4 Å². The Labute approximate surface area is 142 Å². The van der Waals surface area contributed by atoms with Gasteiger partial charge in [-0.2, -0.15) is 0 Å². The summed E-state index contributed by atoms with van der Waals surface area (Å²) in [7, 11) is 0. The number of rotatable bonds is 4. The van der Waals surface area contributed by atoms with Crippen molar-refractivity contribution in [1.29, 1.82) is 0 Å². The van der Waals surface area contributed by atoms with Crippen molar-refractivity contribution >= 4 is 39.0 Å². The molecule has 0 amide bonds. The van der Waals surface area contributed by atoms with Gasteiger partial charge >= 0.3 is 0 Å². The predicted octanol–water partition coefficient (Wildman–Crippen LogP) is 4.25. The maximum absolute atomic E-state index is 13.2. The van der Waals surface area contributed by atoms with E-state index < -0.39 is 6.10 Å². The Morgan fingerprint density at radius 3 is 2.65 bits per heavy atom. The molecule has 0 saturated carbocycles. The lowest BCUT2D eigenvalue weighted by Crippen LogP contribution is -2.16. The van der Waals surface area contributed by atoms with Gasteiger partial charge in [-0.1, -0.05) is 12.1 Å². The number of halogens is 2. The van der Waals surface area contributed by atoms with Crippen LogP contribution in [-0.4, -0.2) is 27.7 Å². The van der Waals surface area contributed by atoms with Gasteiger partial charge in [-0.3, -0.25) is 0 Å². The van der Waals surface area contributed by atoms with Crippen molar-refractivity contribution in [1.82, 2.24) is 9.97 Å². The molecule has 0 bridgehead atoms. The standard InChI is InChI=1S/C16H15ClFN3OS/c1-8(22)7-19-14-13-12(10-3-5-11(18)6-4-10)9(2)23-15(13)21-16(17)20-14/h3-6,8,22H,7H2,1-2H3,(H,19,20,21). The van der Waals surface area contributed by atoms with Crippen LogP contribution in [0.15, 0.2) is 24.3 Å². The first kappa shape index (κ1) is 16.1. The van der Waals surface area contributed by atoms with E-state index in [-0.39, 0.29) is 11.1 Å². The Kier molecular flexibility index (Phi) is 4.48. The summed E-state index contributed by atoms with van der Waals surface area (Å²) in [4.78, 5) is 10.3. The van der Waals surface area contributed by atoms with Crippen molar-refractivity contribution in [3.8, 4) is 11.1 Å². The number of benzene rings is 1. The van der Waals surface area contributed by atoms with Crippen molar-refractivity contribution in [3.63, 3.8) is 0 Å². The molecule has 1 aromatic carbocycles. The fraction of sp³-hybridized carbons (Fsp3) is 0.250. The molecule has 2 aromatic heterocycles. The highest BCUT2D eigenvalue weighted by molar-refractivity contribution is 7.19.